The molecule has 7 heteroatoms. The molecule has 2 aromatic rings. The van der Waals surface area contributed by atoms with Gasteiger partial charge in [0.1, 0.15) is 0 Å². The molecule has 0 saturated carbocycles. The number of nitrogens with zero attached hydrogens (tertiary/aromatic N) is 6. The first-order chi connectivity index (χ1) is 11.0. The molecule has 1 aliphatic heterocycles. The highest BCUT2D eigenvalue weighted by atomic mass is 16.5. The minimum absolute atomic E-state index is 0.380. The number of anilines is 1. The van der Waals surface area contributed by atoms with Gasteiger partial charge >= 0.3 is 0 Å². The third-order valence-electron chi connectivity index (χ3n) is 4.36. The zero-order chi connectivity index (χ0) is 16.4. The van der Waals surface area contributed by atoms with E-state index in [0.29, 0.717) is 17.9 Å². The number of piperidine rings is 1. The van der Waals surface area contributed by atoms with Crippen LogP contribution < -0.4 is 4.90 Å². The second-order valence-electron chi connectivity index (χ2n) is 6.80. The van der Waals surface area contributed by atoms with Crippen LogP contribution in [-0.2, 0) is 6.54 Å². The first-order valence-electron chi connectivity index (χ1n) is 8.29. The molecule has 0 spiro atoms. The van der Waals surface area contributed by atoms with E-state index in [1.54, 1.807) is 0 Å². The molecule has 3 heterocycles. The molecule has 0 bridgehead atoms. The summed E-state index contributed by atoms with van der Waals surface area (Å²) in [5.41, 5.74) is 1.28. The molecule has 0 atom stereocenters. The molecule has 2 aromatic heterocycles. The number of hydrogen-bond donors (Lipinski definition) is 0. The molecular formula is C16H26N6O. The van der Waals surface area contributed by atoms with Gasteiger partial charge in [0.15, 0.2) is 0 Å². The van der Waals surface area contributed by atoms with Gasteiger partial charge < -0.3 is 9.42 Å². The van der Waals surface area contributed by atoms with Crippen molar-refractivity contribution in [3.63, 3.8) is 0 Å². The molecule has 3 rings (SSSR count). The Morgan fingerprint density at radius 3 is 2.61 bits per heavy atom. The van der Waals surface area contributed by atoms with E-state index in [9.17, 15) is 0 Å². The second kappa shape index (κ2) is 6.70. The van der Waals surface area contributed by atoms with Crippen molar-refractivity contribution in [1.29, 1.82) is 0 Å². The lowest BCUT2D eigenvalue weighted by Crippen LogP contribution is -2.32. The third-order valence-corrected chi connectivity index (χ3v) is 4.36. The summed E-state index contributed by atoms with van der Waals surface area (Å²) >= 11 is 0. The van der Waals surface area contributed by atoms with Gasteiger partial charge in [0, 0.05) is 44.4 Å². The fraction of sp³-hybridized carbons (Fsp3) is 0.688. The average molecular weight is 318 g/mol. The van der Waals surface area contributed by atoms with Crippen molar-refractivity contribution in [3.8, 4) is 0 Å². The maximum absolute atomic E-state index is 5.41. The maximum atomic E-state index is 5.41. The van der Waals surface area contributed by atoms with Crippen LogP contribution in [0.1, 0.15) is 50.1 Å². The smallest absolute Gasteiger partial charge is 0.265 e. The fourth-order valence-electron chi connectivity index (χ4n) is 2.91. The zero-order valence-corrected chi connectivity index (χ0v) is 14.4. The van der Waals surface area contributed by atoms with Gasteiger partial charge in [-0.15, -0.1) is 0 Å². The summed E-state index contributed by atoms with van der Waals surface area (Å²) in [6.45, 7) is 7.37. The summed E-state index contributed by atoms with van der Waals surface area (Å²) in [5, 5.41) is 8.43. The first-order valence-corrected chi connectivity index (χ1v) is 8.29. The third kappa shape index (κ3) is 3.72. The highest BCUT2D eigenvalue weighted by Crippen LogP contribution is 2.28. The zero-order valence-electron chi connectivity index (χ0n) is 14.4. The first kappa shape index (κ1) is 16.0. The lowest BCUT2D eigenvalue weighted by molar-refractivity contribution is 0.187. The number of aromatic nitrogens is 4. The van der Waals surface area contributed by atoms with Gasteiger partial charge in [-0.3, -0.25) is 9.58 Å². The van der Waals surface area contributed by atoms with E-state index in [0.717, 1.165) is 38.4 Å². The van der Waals surface area contributed by atoms with E-state index in [-0.39, 0.29) is 0 Å². The Balaban J connectivity index is 1.53. The van der Waals surface area contributed by atoms with E-state index < -0.39 is 0 Å². The molecule has 23 heavy (non-hydrogen) atoms. The molecule has 0 unspecified atom stereocenters. The van der Waals surface area contributed by atoms with Crippen molar-refractivity contribution in [2.45, 2.75) is 45.2 Å². The van der Waals surface area contributed by atoms with Crippen molar-refractivity contribution in [2.24, 2.45) is 0 Å². The molecular weight excluding hydrogens is 292 g/mol. The highest BCUT2D eigenvalue weighted by molar-refractivity contribution is 5.24. The highest BCUT2D eigenvalue weighted by Gasteiger charge is 2.25. The van der Waals surface area contributed by atoms with Crippen LogP contribution in [0.4, 0.5) is 5.95 Å². The Kier molecular flexibility index (Phi) is 4.66. The van der Waals surface area contributed by atoms with Crippen LogP contribution in [-0.4, -0.2) is 52.0 Å². The quantitative estimate of drug-likeness (QED) is 0.843. The van der Waals surface area contributed by atoms with Crippen molar-refractivity contribution < 1.29 is 4.52 Å². The van der Waals surface area contributed by atoms with Gasteiger partial charge in [-0.2, -0.15) is 10.1 Å². The average Bonchev–Trinajstić information content (AvgIpc) is 3.17. The molecule has 7 nitrogen and oxygen atoms in total. The van der Waals surface area contributed by atoms with Crippen molar-refractivity contribution in [3.05, 3.63) is 23.8 Å². The lowest BCUT2D eigenvalue weighted by atomic mass is 9.96. The summed E-state index contributed by atoms with van der Waals surface area (Å²) in [6, 6.07) is 0.415. The van der Waals surface area contributed by atoms with Crippen LogP contribution in [0, 0.1) is 0 Å². The number of rotatable bonds is 5. The van der Waals surface area contributed by atoms with Gasteiger partial charge in [-0.25, -0.2) is 0 Å². The topological polar surface area (TPSA) is 63.2 Å². The summed E-state index contributed by atoms with van der Waals surface area (Å²) in [5.74, 6) is 1.82. The van der Waals surface area contributed by atoms with Gasteiger partial charge in [0.05, 0.1) is 6.20 Å². The molecule has 1 aliphatic rings. The molecule has 126 valence electrons. The summed E-state index contributed by atoms with van der Waals surface area (Å²) in [4.78, 5) is 8.82. The Labute approximate surface area is 137 Å². The Bertz CT molecular complexity index is 624. The summed E-state index contributed by atoms with van der Waals surface area (Å²) in [6.07, 6.45) is 6.26. The SMILES string of the molecule is CC(C)n1cc(CN2CCC(c3nc(N(C)C)no3)CC2)cn1. The predicted molar refractivity (Wildman–Crippen MR) is 88.5 cm³/mol. The van der Waals surface area contributed by atoms with Gasteiger partial charge in [-0.05, 0) is 44.9 Å². The second-order valence-corrected chi connectivity index (χ2v) is 6.80. The van der Waals surface area contributed by atoms with E-state index in [1.165, 1.54) is 5.56 Å². The molecule has 1 fully saturated rings. The fourth-order valence-corrected chi connectivity index (χ4v) is 2.91. The van der Waals surface area contributed by atoms with E-state index >= 15 is 0 Å². The minimum Gasteiger partial charge on any atom is -0.344 e. The Hall–Kier alpha value is -1.89. The van der Waals surface area contributed by atoms with E-state index in [2.05, 4.69) is 40.2 Å². The molecule has 0 radical (unpaired) electrons. The van der Waals surface area contributed by atoms with Gasteiger partial charge in [0.2, 0.25) is 5.89 Å². The molecule has 1 saturated heterocycles. The summed E-state index contributed by atoms with van der Waals surface area (Å²) < 4.78 is 7.43. The number of hydrogen-bond acceptors (Lipinski definition) is 6. The standard InChI is InChI=1S/C16H26N6O/c1-12(2)22-11-13(9-17-22)10-21-7-5-14(6-8-21)15-18-16(19-23-15)20(3)4/h9,11-12,14H,5-8,10H2,1-4H3. The monoisotopic (exact) mass is 318 g/mol. The van der Waals surface area contributed by atoms with Crippen LogP contribution in [0.5, 0.6) is 0 Å². The van der Waals surface area contributed by atoms with Crippen LogP contribution >= 0.6 is 0 Å². The molecule has 0 amide bonds. The molecule has 0 aliphatic carbocycles. The van der Waals surface area contributed by atoms with Crippen molar-refractivity contribution >= 4 is 5.95 Å². The normalized spacial score (nSPS) is 17.1. The minimum atomic E-state index is 0.380. The predicted octanol–water partition coefficient (Wildman–Crippen LogP) is 2.29. The van der Waals surface area contributed by atoms with E-state index in [4.69, 9.17) is 4.52 Å². The Morgan fingerprint density at radius 1 is 1.30 bits per heavy atom. The summed E-state index contributed by atoms with van der Waals surface area (Å²) in [7, 11) is 3.85. The van der Waals surface area contributed by atoms with Gasteiger partial charge in [-0.1, -0.05) is 0 Å². The molecule has 0 N–H and O–H groups in total. The van der Waals surface area contributed by atoms with Crippen molar-refractivity contribution in [1.82, 2.24) is 24.8 Å². The van der Waals surface area contributed by atoms with E-state index in [1.807, 2.05) is 29.9 Å². The molecule has 0 aromatic carbocycles. The van der Waals surface area contributed by atoms with Crippen LogP contribution in [0.15, 0.2) is 16.9 Å². The Morgan fingerprint density at radius 2 is 2.04 bits per heavy atom. The van der Waals surface area contributed by atoms with Crippen LogP contribution in [0.3, 0.4) is 0 Å². The maximum Gasteiger partial charge on any atom is 0.265 e. The lowest BCUT2D eigenvalue weighted by Gasteiger charge is -2.29. The van der Waals surface area contributed by atoms with Gasteiger partial charge in [0.25, 0.3) is 5.95 Å². The van der Waals surface area contributed by atoms with Crippen LogP contribution in [0.2, 0.25) is 0 Å². The van der Waals surface area contributed by atoms with Crippen LogP contribution in [0.25, 0.3) is 0 Å². The largest absolute Gasteiger partial charge is 0.344 e. The number of likely N-dealkylation sites (tertiary alicyclic amines) is 1. The van der Waals surface area contributed by atoms with Crippen molar-refractivity contribution in [2.75, 3.05) is 32.1 Å².